The lowest BCUT2D eigenvalue weighted by atomic mass is 9.87. The van der Waals surface area contributed by atoms with Crippen LogP contribution in [0.5, 0.6) is 0 Å². The van der Waals surface area contributed by atoms with Crippen LogP contribution in [0.25, 0.3) is 0 Å². The molecule has 2 aromatic rings. The molecule has 1 fully saturated rings. The van der Waals surface area contributed by atoms with Crippen LogP contribution in [0.3, 0.4) is 0 Å². The Labute approximate surface area is 178 Å². The van der Waals surface area contributed by atoms with Crippen LogP contribution < -0.4 is 5.32 Å². The summed E-state index contributed by atoms with van der Waals surface area (Å²) in [5, 5.41) is 3.30. The monoisotopic (exact) mass is 438 g/mol. The minimum Gasteiger partial charge on any atom is -0.356 e. The summed E-state index contributed by atoms with van der Waals surface area (Å²) in [4.78, 5) is 27.2. The van der Waals surface area contributed by atoms with E-state index < -0.39 is 23.6 Å². The van der Waals surface area contributed by atoms with Gasteiger partial charge >= 0.3 is 6.18 Å². The van der Waals surface area contributed by atoms with Gasteiger partial charge in [0, 0.05) is 36.1 Å². The van der Waals surface area contributed by atoms with Crippen molar-refractivity contribution in [2.24, 2.45) is 5.92 Å². The van der Waals surface area contributed by atoms with Crippen molar-refractivity contribution in [3.8, 4) is 0 Å². The number of hydrogen-bond acceptors (Lipinski definition) is 2. The average molecular weight is 439 g/mol. The van der Waals surface area contributed by atoms with E-state index in [0.29, 0.717) is 22.7 Å². The highest BCUT2D eigenvalue weighted by molar-refractivity contribution is 6.30. The first kappa shape index (κ1) is 22.2. The van der Waals surface area contributed by atoms with Crippen LogP contribution in [0.1, 0.15) is 40.7 Å². The van der Waals surface area contributed by atoms with E-state index in [1.807, 2.05) is 6.92 Å². The van der Waals surface area contributed by atoms with Crippen LogP contribution in [0.15, 0.2) is 48.5 Å². The van der Waals surface area contributed by atoms with Gasteiger partial charge in [-0.05, 0) is 42.3 Å². The summed E-state index contributed by atoms with van der Waals surface area (Å²) in [7, 11) is 0. The van der Waals surface area contributed by atoms with Gasteiger partial charge in [-0.25, -0.2) is 0 Å². The van der Waals surface area contributed by atoms with Crippen molar-refractivity contribution in [3.05, 3.63) is 70.2 Å². The average Bonchev–Trinajstić information content (AvgIpc) is 3.17. The maximum absolute atomic E-state index is 13.2. The number of halogens is 4. The lowest BCUT2D eigenvalue weighted by Crippen LogP contribution is -2.36. The molecular formula is C22H22ClF3N2O2. The summed E-state index contributed by atoms with van der Waals surface area (Å²) < 4.78 is 39.5. The standard InChI is InChI=1S/C22H22ClF3N2O2/c1-2-10-27-20(29)19-13-28(21(30)14-6-8-17(23)9-7-14)12-18(19)15-4-3-5-16(11-15)22(24,25)26/h3-9,11,18-19H,2,10,12-13H2,1H3,(H,27,29). The Bertz CT molecular complexity index is 915. The van der Waals surface area contributed by atoms with E-state index in [1.165, 1.54) is 11.0 Å². The van der Waals surface area contributed by atoms with Gasteiger partial charge in [0.2, 0.25) is 5.91 Å². The van der Waals surface area contributed by atoms with Gasteiger partial charge in [0.1, 0.15) is 0 Å². The molecule has 2 aromatic carbocycles. The molecule has 8 heteroatoms. The van der Waals surface area contributed by atoms with Crippen LogP contribution in [-0.4, -0.2) is 36.3 Å². The predicted octanol–water partition coefficient (Wildman–Crippen LogP) is 4.74. The molecule has 0 bridgehead atoms. The first-order chi connectivity index (χ1) is 14.2. The zero-order chi connectivity index (χ0) is 21.9. The molecule has 1 N–H and O–H groups in total. The van der Waals surface area contributed by atoms with Gasteiger partial charge in [0.05, 0.1) is 11.5 Å². The van der Waals surface area contributed by atoms with Crippen molar-refractivity contribution in [2.75, 3.05) is 19.6 Å². The van der Waals surface area contributed by atoms with E-state index in [9.17, 15) is 22.8 Å². The molecule has 0 aliphatic carbocycles. The fourth-order valence-corrected chi connectivity index (χ4v) is 3.80. The Hall–Kier alpha value is -2.54. The van der Waals surface area contributed by atoms with Gasteiger partial charge in [0.15, 0.2) is 0 Å². The zero-order valence-corrected chi connectivity index (χ0v) is 17.1. The second-order valence-electron chi connectivity index (χ2n) is 7.34. The maximum atomic E-state index is 13.2. The summed E-state index contributed by atoms with van der Waals surface area (Å²) >= 11 is 5.87. The predicted molar refractivity (Wildman–Crippen MR) is 108 cm³/mol. The summed E-state index contributed by atoms with van der Waals surface area (Å²) in [5.41, 5.74) is 0.0416. The lowest BCUT2D eigenvalue weighted by Gasteiger charge is -2.19. The number of nitrogens with zero attached hydrogens (tertiary/aromatic N) is 1. The molecule has 1 saturated heterocycles. The summed E-state index contributed by atoms with van der Waals surface area (Å²) in [6, 6.07) is 11.4. The molecule has 0 aromatic heterocycles. The Morgan fingerprint density at radius 2 is 1.83 bits per heavy atom. The van der Waals surface area contributed by atoms with Crippen molar-refractivity contribution < 1.29 is 22.8 Å². The normalized spacial score (nSPS) is 19.0. The van der Waals surface area contributed by atoms with Crippen LogP contribution in [-0.2, 0) is 11.0 Å². The number of amides is 2. The summed E-state index contributed by atoms with van der Waals surface area (Å²) in [6.07, 6.45) is -3.74. The van der Waals surface area contributed by atoms with Gasteiger partial charge in [-0.2, -0.15) is 13.2 Å². The number of benzene rings is 2. The first-order valence-corrected chi connectivity index (χ1v) is 10.1. The third-order valence-electron chi connectivity index (χ3n) is 5.23. The topological polar surface area (TPSA) is 49.4 Å². The molecule has 0 spiro atoms. The molecule has 3 rings (SSSR count). The highest BCUT2D eigenvalue weighted by Crippen LogP contribution is 2.37. The largest absolute Gasteiger partial charge is 0.416 e. The second-order valence-corrected chi connectivity index (χ2v) is 7.78. The molecule has 2 atom stereocenters. The highest BCUT2D eigenvalue weighted by Gasteiger charge is 2.41. The molecule has 0 saturated carbocycles. The molecule has 0 radical (unpaired) electrons. The third-order valence-corrected chi connectivity index (χ3v) is 5.48. The number of hydrogen-bond donors (Lipinski definition) is 1. The van der Waals surface area contributed by atoms with E-state index in [2.05, 4.69) is 5.32 Å². The second kappa shape index (κ2) is 9.08. The number of nitrogens with one attached hydrogen (secondary N) is 1. The van der Waals surface area contributed by atoms with E-state index >= 15 is 0 Å². The lowest BCUT2D eigenvalue weighted by molar-refractivity contribution is -0.137. The molecule has 1 aliphatic rings. The fourth-order valence-electron chi connectivity index (χ4n) is 3.67. The number of alkyl halides is 3. The highest BCUT2D eigenvalue weighted by atomic mass is 35.5. The Morgan fingerprint density at radius 3 is 2.47 bits per heavy atom. The minimum atomic E-state index is -4.48. The number of carbonyl (C=O) groups is 2. The molecule has 1 aliphatic heterocycles. The van der Waals surface area contributed by atoms with Gasteiger partial charge in [-0.15, -0.1) is 0 Å². The molecule has 2 unspecified atom stereocenters. The van der Waals surface area contributed by atoms with Crippen LogP contribution in [0, 0.1) is 5.92 Å². The SMILES string of the molecule is CCCNC(=O)C1CN(C(=O)c2ccc(Cl)cc2)CC1c1cccc(C(F)(F)F)c1. The first-order valence-electron chi connectivity index (χ1n) is 9.70. The van der Waals surface area contributed by atoms with Crippen molar-refractivity contribution in [3.63, 3.8) is 0 Å². The van der Waals surface area contributed by atoms with Crippen molar-refractivity contribution >= 4 is 23.4 Å². The summed E-state index contributed by atoms with van der Waals surface area (Å²) in [6.45, 7) is 2.68. The molecular weight excluding hydrogens is 417 g/mol. The third kappa shape index (κ3) is 4.95. The molecule has 2 amide bonds. The van der Waals surface area contributed by atoms with Crippen molar-refractivity contribution in [2.45, 2.75) is 25.4 Å². The van der Waals surface area contributed by atoms with Crippen molar-refractivity contribution in [1.82, 2.24) is 10.2 Å². The molecule has 30 heavy (non-hydrogen) atoms. The van der Waals surface area contributed by atoms with E-state index in [-0.39, 0.29) is 24.9 Å². The van der Waals surface area contributed by atoms with Crippen molar-refractivity contribution in [1.29, 1.82) is 0 Å². The Kier molecular flexibility index (Phi) is 6.71. The number of rotatable bonds is 5. The quantitative estimate of drug-likeness (QED) is 0.733. The smallest absolute Gasteiger partial charge is 0.356 e. The minimum absolute atomic E-state index is 0.137. The Balaban J connectivity index is 1.90. The van der Waals surface area contributed by atoms with E-state index in [0.717, 1.165) is 18.6 Å². The molecule has 160 valence electrons. The molecule has 4 nitrogen and oxygen atoms in total. The van der Waals surface area contributed by atoms with Crippen LogP contribution >= 0.6 is 11.6 Å². The number of likely N-dealkylation sites (tertiary alicyclic amines) is 1. The van der Waals surface area contributed by atoms with Crippen LogP contribution in [0.2, 0.25) is 5.02 Å². The zero-order valence-electron chi connectivity index (χ0n) is 16.4. The molecule has 1 heterocycles. The van der Waals surface area contributed by atoms with Gasteiger partial charge in [0.25, 0.3) is 5.91 Å². The van der Waals surface area contributed by atoms with E-state index in [4.69, 9.17) is 11.6 Å². The Morgan fingerprint density at radius 1 is 1.13 bits per heavy atom. The van der Waals surface area contributed by atoms with Gasteiger partial charge < -0.3 is 10.2 Å². The van der Waals surface area contributed by atoms with Gasteiger partial charge in [-0.1, -0.05) is 36.7 Å². The fraction of sp³-hybridized carbons (Fsp3) is 0.364. The van der Waals surface area contributed by atoms with Gasteiger partial charge in [-0.3, -0.25) is 9.59 Å². The summed E-state index contributed by atoms with van der Waals surface area (Å²) in [5.74, 6) is -1.70. The number of carbonyl (C=O) groups excluding carboxylic acids is 2. The maximum Gasteiger partial charge on any atom is 0.416 e. The van der Waals surface area contributed by atoms with Crippen LogP contribution in [0.4, 0.5) is 13.2 Å². The van der Waals surface area contributed by atoms with E-state index in [1.54, 1.807) is 30.3 Å².